The van der Waals surface area contributed by atoms with E-state index in [0.29, 0.717) is 17.4 Å². The number of likely N-dealkylation sites (N-methyl/N-ethyl adjacent to an activating group) is 1. The standard InChI is InChI=1S/C14H21ClN2O.C11H12O/c1-16-13(10-17-7-2-3-8-17)14(18)11-5-4-6-12(15)9-11;12-6-5-9-7-10-3-1-2-4-11(10)8-9/h4-6,9,13-14,16,18H,2-3,7-8,10H2,1H3;1-4,6,9H,5,7-8H2. The molecule has 2 unspecified atom stereocenters. The van der Waals surface area contributed by atoms with Crippen LogP contribution in [0.3, 0.4) is 0 Å². The Morgan fingerprint density at radius 1 is 1.13 bits per heavy atom. The first kappa shape index (κ1) is 23.0. The fourth-order valence-corrected chi connectivity index (χ4v) is 4.67. The molecule has 30 heavy (non-hydrogen) atoms. The van der Waals surface area contributed by atoms with Crippen LogP contribution in [0.25, 0.3) is 0 Å². The van der Waals surface area contributed by atoms with Crippen LogP contribution in [0, 0.1) is 5.92 Å². The van der Waals surface area contributed by atoms with E-state index in [1.54, 1.807) is 0 Å². The van der Waals surface area contributed by atoms with Gasteiger partial charge < -0.3 is 20.1 Å². The lowest BCUT2D eigenvalue weighted by molar-refractivity contribution is -0.108. The maximum Gasteiger partial charge on any atom is 0.120 e. The predicted molar refractivity (Wildman–Crippen MR) is 123 cm³/mol. The number of rotatable bonds is 7. The van der Waals surface area contributed by atoms with Crippen LogP contribution in [-0.2, 0) is 17.6 Å². The third-order valence-corrected chi connectivity index (χ3v) is 6.40. The summed E-state index contributed by atoms with van der Waals surface area (Å²) in [7, 11) is 1.90. The molecule has 0 aromatic heterocycles. The predicted octanol–water partition coefficient (Wildman–Crippen LogP) is 4.05. The van der Waals surface area contributed by atoms with Gasteiger partial charge >= 0.3 is 0 Å². The zero-order valence-corrected chi connectivity index (χ0v) is 18.5. The van der Waals surface area contributed by atoms with Crippen LogP contribution in [0.2, 0.25) is 5.02 Å². The van der Waals surface area contributed by atoms with Crippen LogP contribution in [-0.4, -0.2) is 49.0 Å². The third-order valence-electron chi connectivity index (χ3n) is 6.16. The molecule has 1 saturated heterocycles. The molecule has 1 aliphatic heterocycles. The molecule has 4 rings (SSSR count). The van der Waals surface area contributed by atoms with Gasteiger partial charge in [-0.25, -0.2) is 0 Å². The number of aldehydes is 1. The number of aliphatic hydroxyl groups excluding tert-OH is 1. The van der Waals surface area contributed by atoms with Crippen molar-refractivity contribution in [2.45, 2.75) is 44.2 Å². The van der Waals surface area contributed by atoms with Gasteiger partial charge in [-0.2, -0.15) is 0 Å². The smallest absolute Gasteiger partial charge is 0.120 e. The number of likely N-dealkylation sites (tertiary alicyclic amines) is 1. The van der Waals surface area contributed by atoms with Gasteiger partial charge in [0.2, 0.25) is 0 Å². The van der Waals surface area contributed by atoms with Gasteiger partial charge in [-0.3, -0.25) is 0 Å². The molecule has 1 aliphatic carbocycles. The van der Waals surface area contributed by atoms with Gasteiger partial charge in [0.15, 0.2) is 0 Å². The summed E-state index contributed by atoms with van der Waals surface area (Å²) in [5.41, 5.74) is 3.75. The molecule has 1 heterocycles. The molecule has 2 aliphatic rings. The fraction of sp³-hybridized carbons (Fsp3) is 0.480. The number of halogens is 1. The Hall–Kier alpha value is -1.72. The highest BCUT2D eigenvalue weighted by molar-refractivity contribution is 6.30. The van der Waals surface area contributed by atoms with Crippen LogP contribution in [0.1, 0.15) is 42.1 Å². The molecule has 5 heteroatoms. The minimum absolute atomic E-state index is 0.0431. The molecular weight excluding hydrogens is 396 g/mol. The Balaban J connectivity index is 0.000000184. The summed E-state index contributed by atoms with van der Waals surface area (Å²) in [6.45, 7) is 3.16. The van der Waals surface area contributed by atoms with Crippen LogP contribution in [0.4, 0.5) is 0 Å². The molecule has 2 aromatic rings. The van der Waals surface area contributed by atoms with E-state index in [9.17, 15) is 9.90 Å². The van der Waals surface area contributed by atoms with Gasteiger partial charge in [0.1, 0.15) is 6.29 Å². The molecule has 162 valence electrons. The Kier molecular flexibility index (Phi) is 8.88. The van der Waals surface area contributed by atoms with Crippen molar-refractivity contribution in [1.29, 1.82) is 0 Å². The number of hydrogen-bond donors (Lipinski definition) is 2. The molecule has 0 saturated carbocycles. The third kappa shape index (κ3) is 6.39. The Morgan fingerprint density at radius 3 is 2.37 bits per heavy atom. The van der Waals surface area contributed by atoms with Crippen LogP contribution in [0.5, 0.6) is 0 Å². The first-order chi connectivity index (χ1) is 14.6. The normalized spacial score (nSPS) is 18.4. The molecular formula is C25H33ClN2O2. The minimum atomic E-state index is -0.519. The average Bonchev–Trinajstić information content (AvgIpc) is 3.41. The topological polar surface area (TPSA) is 52.6 Å². The summed E-state index contributed by atoms with van der Waals surface area (Å²) in [6, 6.07) is 16.0. The Morgan fingerprint density at radius 2 is 1.80 bits per heavy atom. The molecule has 0 radical (unpaired) electrons. The molecule has 2 atom stereocenters. The first-order valence-electron chi connectivity index (χ1n) is 10.9. The van der Waals surface area contributed by atoms with Crippen molar-refractivity contribution in [3.63, 3.8) is 0 Å². The maximum atomic E-state index is 10.4. The molecule has 2 aromatic carbocycles. The van der Waals surface area contributed by atoms with Crippen molar-refractivity contribution in [1.82, 2.24) is 10.2 Å². The summed E-state index contributed by atoms with van der Waals surface area (Å²) in [6.07, 6.45) is 5.96. The highest BCUT2D eigenvalue weighted by Crippen LogP contribution is 2.27. The highest BCUT2D eigenvalue weighted by atomic mass is 35.5. The fourth-order valence-electron chi connectivity index (χ4n) is 4.47. The monoisotopic (exact) mass is 428 g/mol. The number of benzene rings is 2. The zero-order valence-electron chi connectivity index (χ0n) is 17.8. The van der Waals surface area contributed by atoms with Gasteiger partial charge in [0, 0.05) is 24.0 Å². The van der Waals surface area contributed by atoms with E-state index in [1.165, 1.54) is 24.0 Å². The number of carbonyl (C=O) groups is 1. The van der Waals surface area contributed by atoms with Crippen LogP contribution < -0.4 is 5.32 Å². The molecule has 1 fully saturated rings. The van der Waals surface area contributed by atoms with Gasteiger partial charge in [0.25, 0.3) is 0 Å². The van der Waals surface area contributed by atoms with E-state index < -0.39 is 6.10 Å². The van der Waals surface area contributed by atoms with E-state index in [1.807, 2.05) is 31.3 Å². The second kappa shape index (κ2) is 11.6. The molecule has 0 amide bonds. The highest BCUT2D eigenvalue weighted by Gasteiger charge is 2.23. The summed E-state index contributed by atoms with van der Waals surface area (Å²) in [5, 5.41) is 14.3. The second-order valence-electron chi connectivity index (χ2n) is 8.35. The summed E-state index contributed by atoms with van der Waals surface area (Å²) < 4.78 is 0. The van der Waals surface area contributed by atoms with Gasteiger partial charge in [-0.05, 0) is 80.6 Å². The van der Waals surface area contributed by atoms with E-state index >= 15 is 0 Å². The molecule has 2 N–H and O–H groups in total. The second-order valence-corrected chi connectivity index (χ2v) is 8.78. The quantitative estimate of drug-likeness (QED) is 0.653. The van der Waals surface area contributed by atoms with Gasteiger partial charge in [-0.1, -0.05) is 48.0 Å². The van der Waals surface area contributed by atoms with Crippen molar-refractivity contribution < 1.29 is 9.90 Å². The van der Waals surface area contributed by atoms with Gasteiger partial charge in [-0.15, -0.1) is 0 Å². The van der Waals surface area contributed by atoms with Crippen molar-refractivity contribution >= 4 is 17.9 Å². The van der Waals surface area contributed by atoms with Crippen molar-refractivity contribution in [2.24, 2.45) is 5.92 Å². The van der Waals surface area contributed by atoms with E-state index in [2.05, 4.69) is 34.5 Å². The van der Waals surface area contributed by atoms with Crippen molar-refractivity contribution in [3.05, 3.63) is 70.2 Å². The number of aliphatic hydroxyl groups is 1. The number of nitrogens with one attached hydrogen (secondary N) is 1. The number of fused-ring (bicyclic) bond motifs is 1. The van der Waals surface area contributed by atoms with E-state index in [0.717, 1.165) is 44.3 Å². The van der Waals surface area contributed by atoms with Crippen LogP contribution in [0.15, 0.2) is 48.5 Å². The first-order valence-corrected chi connectivity index (χ1v) is 11.3. The lowest BCUT2D eigenvalue weighted by Crippen LogP contribution is -2.42. The Labute approximate surface area is 185 Å². The number of carbonyl (C=O) groups excluding carboxylic acids is 1. The summed E-state index contributed by atoms with van der Waals surface area (Å²) >= 11 is 5.97. The van der Waals surface area contributed by atoms with Crippen molar-refractivity contribution in [2.75, 3.05) is 26.7 Å². The summed E-state index contributed by atoms with van der Waals surface area (Å²) in [4.78, 5) is 12.7. The molecule has 0 bridgehead atoms. The SMILES string of the molecule is CNC(CN1CCCC1)C(O)c1cccc(Cl)c1.O=CCC1Cc2ccccc2C1. The summed E-state index contributed by atoms with van der Waals surface area (Å²) in [5.74, 6) is 0.569. The lowest BCUT2D eigenvalue weighted by Gasteiger charge is -2.27. The number of hydrogen-bond acceptors (Lipinski definition) is 4. The van der Waals surface area contributed by atoms with Crippen molar-refractivity contribution in [3.8, 4) is 0 Å². The van der Waals surface area contributed by atoms with Crippen LogP contribution >= 0.6 is 11.6 Å². The zero-order chi connectivity index (χ0) is 21.3. The van der Waals surface area contributed by atoms with E-state index in [4.69, 9.17) is 11.6 Å². The minimum Gasteiger partial charge on any atom is -0.387 e. The number of nitrogens with zero attached hydrogens (tertiary/aromatic N) is 1. The molecule has 4 nitrogen and oxygen atoms in total. The van der Waals surface area contributed by atoms with Gasteiger partial charge in [0.05, 0.1) is 6.10 Å². The maximum absolute atomic E-state index is 10.4. The van der Waals surface area contributed by atoms with E-state index in [-0.39, 0.29) is 6.04 Å². The largest absolute Gasteiger partial charge is 0.387 e. The molecule has 0 spiro atoms. The average molecular weight is 429 g/mol. The Bertz CT molecular complexity index is 782. The lowest BCUT2D eigenvalue weighted by atomic mass is 10.0.